The van der Waals surface area contributed by atoms with E-state index in [1.807, 2.05) is 19.1 Å². The standard InChI is InChI=1S/C28H21NO6/c1-15-7-9-16(10-8-15)23-21-22(27(33)29(26(21)32)17-11-13-18(34-2)14-12-17)28(35-23)24(30)19-5-3-4-6-20(19)25(28)31/h3-14,21-23H,1-2H3/t21-,22+,23-/m0/s1. The zero-order valence-electron chi connectivity index (χ0n) is 19.1. The van der Waals surface area contributed by atoms with E-state index in [2.05, 4.69) is 0 Å². The fraction of sp³-hybridized carbons (Fsp3) is 0.214. The number of Topliss-reactive ketones (excluding diaryl/α,β-unsaturated/α-hetero) is 2. The Morgan fingerprint density at radius 1 is 0.800 bits per heavy atom. The monoisotopic (exact) mass is 467 g/mol. The van der Waals surface area contributed by atoms with Crippen LogP contribution in [-0.4, -0.2) is 36.1 Å². The van der Waals surface area contributed by atoms with Gasteiger partial charge >= 0.3 is 0 Å². The Labute approximate surface area is 201 Å². The first kappa shape index (κ1) is 21.4. The largest absolute Gasteiger partial charge is 0.497 e. The minimum absolute atomic E-state index is 0.212. The molecule has 2 amide bonds. The molecule has 174 valence electrons. The van der Waals surface area contributed by atoms with Gasteiger partial charge in [-0.05, 0) is 36.8 Å². The molecule has 0 saturated carbocycles. The third-order valence-electron chi connectivity index (χ3n) is 7.26. The van der Waals surface area contributed by atoms with Crippen molar-refractivity contribution in [3.05, 3.63) is 95.1 Å². The van der Waals surface area contributed by atoms with Crippen molar-refractivity contribution < 1.29 is 28.7 Å². The number of benzene rings is 3. The zero-order chi connectivity index (χ0) is 24.5. The molecular weight excluding hydrogens is 446 g/mol. The summed E-state index contributed by atoms with van der Waals surface area (Å²) in [5.41, 5.74) is 0.345. The van der Waals surface area contributed by atoms with Crippen LogP contribution in [0.5, 0.6) is 5.75 Å². The normalized spacial score (nSPS) is 24.3. The van der Waals surface area contributed by atoms with Crippen molar-refractivity contribution in [3.63, 3.8) is 0 Å². The third-order valence-corrected chi connectivity index (χ3v) is 7.26. The zero-order valence-corrected chi connectivity index (χ0v) is 19.1. The van der Waals surface area contributed by atoms with E-state index in [-0.39, 0.29) is 11.1 Å². The summed E-state index contributed by atoms with van der Waals surface area (Å²) >= 11 is 0. The summed E-state index contributed by atoms with van der Waals surface area (Å²) in [4.78, 5) is 56.2. The van der Waals surface area contributed by atoms with Crippen LogP contribution in [0.15, 0.2) is 72.8 Å². The van der Waals surface area contributed by atoms with E-state index in [1.54, 1.807) is 60.7 Å². The van der Waals surface area contributed by atoms with Crippen LogP contribution < -0.4 is 9.64 Å². The molecule has 0 N–H and O–H groups in total. The number of fused-ring (bicyclic) bond motifs is 3. The second kappa shape index (κ2) is 7.45. The van der Waals surface area contributed by atoms with Crippen molar-refractivity contribution in [2.24, 2.45) is 11.8 Å². The summed E-state index contributed by atoms with van der Waals surface area (Å²) < 4.78 is 11.5. The van der Waals surface area contributed by atoms with Gasteiger partial charge in [0.25, 0.3) is 0 Å². The molecule has 3 aromatic rings. The van der Waals surface area contributed by atoms with Crippen LogP contribution in [0.3, 0.4) is 0 Å². The molecule has 0 radical (unpaired) electrons. The molecule has 0 unspecified atom stereocenters. The first-order valence-electron chi connectivity index (χ1n) is 11.3. The maximum Gasteiger partial charge on any atom is 0.241 e. The lowest BCUT2D eigenvalue weighted by Crippen LogP contribution is -2.51. The van der Waals surface area contributed by atoms with Crippen LogP contribution in [0.25, 0.3) is 0 Å². The number of nitrogens with zero attached hydrogens (tertiary/aromatic N) is 1. The van der Waals surface area contributed by atoms with Gasteiger partial charge in [-0.2, -0.15) is 0 Å². The molecule has 7 nitrogen and oxygen atoms in total. The number of methoxy groups -OCH3 is 1. The summed E-state index contributed by atoms with van der Waals surface area (Å²) in [6, 6.07) is 20.3. The van der Waals surface area contributed by atoms with Gasteiger partial charge in [0.05, 0.1) is 30.7 Å². The van der Waals surface area contributed by atoms with Gasteiger partial charge < -0.3 is 9.47 Å². The molecule has 35 heavy (non-hydrogen) atoms. The molecule has 2 saturated heterocycles. The lowest BCUT2D eigenvalue weighted by atomic mass is 9.77. The van der Waals surface area contributed by atoms with Gasteiger partial charge in [0.1, 0.15) is 5.75 Å². The number of carbonyl (C=O) groups is 4. The molecule has 2 heterocycles. The van der Waals surface area contributed by atoms with Crippen LogP contribution in [-0.2, 0) is 14.3 Å². The first-order chi connectivity index (χ1) is 16.9. The number of ether oxygens (including phenoxy) is 2. The van der Waals surface area contributed by atoms with E-state index in [0.717, 1.165) is 10.5 Å². The van der Waals surface area contributed by atoms with Crippen LogP contribution in [0.4, 0.5) is 5.69 Å². The Morgan fingerprint density at radius 2 is 1.40 bits per heavy atom. The Balaban J connectivity index is 1.52. The van der Waals surface area contributed by atoms with Gasteiger partial charge in [0.15, 0.2) is 0 Å². The highest BCUT2D eigenvalue weighted by Gasteiger charge is 2.74. The maximum absolute atomic E-state index is 13.9. The first-order valence-corrected chi connectivity index (χ1v) is 11.3. The van der Waals surface area contributed by atoms with E-state index in [1.165, 1.54) is 7.11 Å². The molecule has 2 fully saturated rings. The van der Waals surface area contributed by atoms with Crippen molar-refractivity contribution >= 4 is 29.1 Å². The predicted molar refractivity (Wildman–Crippen MR) is 125 cm³/mol. The SMILES string of the molecule is COc1ccc(N2C(=O)[C@@H]3[C@H](c4ccc(C)cc4)OC4(C(=O)c5ccccc5C4=O)[C@H]3C2=O)cc1. The number of carbonyl (C=O) groups excluding carboxylic acids is 4. The number of aryl methyl sites for hydroxylation is 1. The Hall–Kier alpha value is -4.10. The molecule has 7 heteroatoms. The van der Waals surface area contributed by atoms with Crippen LogP contribution in [0.2, 0.25) is 0 Å². The van der Waals surface area contributed by atoms with Crippen molar-refractivity contribution in [3.8, 4) is 5.75 Å². The van der Waals surface area contributed by atoms with Crippen LogP contribution in [0, 0.1) is 18.8 Å². The summed E-state index contributed by atoms with van der Waals surface area (Å²) in [6.07, 6.45) is -0.928. The predicted octanol–water partition coefficient (Wildman–Crippen LogP) is 3.70. The molecule has 0 aromatic heterocycles. The molecule has 1 aliphatic carbocycles. The molecule has 3 aliphatic rings. The Bertz CT molecular complexity index is 1370. The molecule has 0 bridgehead atoms. The minimum Gasteiger partial charge on any atom is -0.497 e. The fourth-order valence-corrected chi connectivity index (χ4v) is 5.56. The van der Waals surface area contributed by atoms with Gasteiger partial charge in [0.2, 0.25) is 29.0 Å². The second-order valence-electron chi connectivity index (χ2n) is 9.10. The smallest absolute Gasteiger partial charge is 0.241 e. The molecule has 2 aliphatic heterocycles. The Kier molecular flexibility index (Phi) is 4.56. The number of hydrogen-bond donors (Lipinski definition) is 0. The van der Waals surface area contributed by atoms with Gasteiger partial charge in [0, 0.05) is 11.1 Å². The van der Waals surface area contributed by atoms with Crippen molar-refractivity contribution in [2.75, 3.05) is 12.0 Å². The highest BCUT2D eigenvalue weighted by molar-refractivity contribution is 6.37. The van der Waals surface area contributed by atoms with E-state index < -0.39 is 46.9 Å². The molecule has 3 aromatic carbocycles. The third kappa shape index (κ3) is 2.76. The van der Waals surface area contributed by atoms with E-state index in [9.17, 15) is 19.2 Å². The number of amides is 2. The lowest BCUT2D eigenvalue weighted by molar-refractivity contribution is -0.127. The fourth-order valence-electron chi connectivity index (χ4n) is 5.56. The van der Waals surface area contributed by atoms with Gasteiger partial charge in [-0.25, -0.2) is 4.90 Å². The van der Waals surface area contributed by atoms with Crippen molar-refractivity contribution in [2.45, 2.75) is 18.6 Å². The molecule has 6 rings (SSSR count). The lowest BCUT2D eigenvalue weighted by Gasteiger charge is -2.27. The summed E-state index contributed by atoms with van der Waals surface area (Å²) in [5.74, 6) is -3.97. The minimum atomic E-state index is -2.07. The number of rotatable bonds is 3. The van der Waals surface area contributed by atoms with Crippen molar-refractivity contribution in [1.82, 2.24) is 0 Å². The van der Waals surface area contributed by atoms with Gasteiger partial charge in [-0.1, -0.05) is 54.1 Å². The Morgan fingerprint density at radius 3 is 1.97 bits per heavy atom. The number of imide groups is 1. The van der Waals surface area contributed by atoms with E-state index >= 15 is 0 Å². The quantitative estimate of drug-likeness (QED) is 0.431. The summed E-state index contributed by atoms with van der Waals surface area (Å²) in [7, 11) is 1.52. The number of hydrogen-bond acceptors (Lipinski definition) is 6. The van der Waals surface area contributed by atoms with Gasteiger partial charge in [-0.15, -0.1) is 0 Å². The van der Waals surface area contributed by atoms with E-state index in [0.29, 0.717) is 17.0 Å². The summed E-state index contributed by atoms with van der Waals surface area (Å²) in [5, 5.41) is 0. The topological polar surface area (TPSA) is 90.0 Å². The van der Waals surface area contributed by atoms with Crippen LogP contribution >= 0.6 is 0 Å². The van der Waals surface area contributed by atoms with Crippen LogP contribution in [0.1, 0.15) is 37.9 Å². The highest BCUT2D eigenvalue weighted by atomic mass is 16.5. The van der Waals surface area contributed by atoms with E-state index in [4.69, 9.17) is 9.47 Å². The molecular formula is C28H21NO6. The van der Waals surface area contributed by atoms with Gasteiger partial charge in [-0.3, -0.25) is 19.2 Å². The number of anilines is 1. The number of ketones is 2. The average molecular weight is 467 g/mol. The second-order valence-corrected chi connectivity index (χ2v) is 9.10. The highest BCUT2D eigenvalue weighted by Crippen LogP contribution is 2.57. The molecule has 3 atom stereocenters. The maximum atomic E-state index is 13.9. The van der Waals surface area contributed by atoms with Crippen molar-refractivity contribution in [1.29, 1.82) is 0 Å². The molecule has 1 spiro atoms. The average Bonchev–Trinajstić information content (AvgIpc) is 3.44. The summed E-state index contributed by atoms with van der Waals surface area (Å²) in [6.45, 7) is 1.93.